The number of rotatable bonds is 7. The minimum absolute atomic E-state index is 0.377. The molecule has 0 aliphatic heterocycles. The van der Waals surface area contributed by atoms with Gasteiger partial charge in [-0.2, -0.15) is 0 Å². The molecule has 122 valence electrons. The lowest BCUT2D eigenvalue weighted by Crippen LogP contribution is -2.35. The number of hydrogen-bond donors (Lipinski definition) is 2. The van der Waals surface area contributed by atoms with Gasteiger partial charge in [-0.3, -0.25) is 0 Å². The second kappa shape index (κ2) is 8.23. The Morgan fingerprint density at radius 1 is 0.870 bits per heavy atom. The van der Waals surface area contributed by atoms with Gasteiger partial charge >= 0.3 is 7.12 Å². The van der Waals surface area contributed by atoms with Gasteiger partial charge in [-0.15, -0.1) is 0 Å². The smallest absolute Gasteiger partial charge is 0.423 e. The summed E-state index contributed by atoms with van der Waals surface area (Å²) in [5.41, 5.74) is 1.55. The fourth-order valence-electron chi connectivity index (χ4n) is 2.62. The van der Waals surface area contributed by atoms with Crippen molar-refractivity contribution in [1.82, 2.24) is 0 Å². The Labute approximate surface area is 135 Å². The van der Waals surface area contributed by atoms with Crippen LogP contribution in [0, 0.1) is 11.6 Å². The fourth-order valence-corrected chi connectivity index (χ4v) is 2.62. The lowest BCUT2D eigenvalue weighted by atomic mass is 9.78. The summed E-state index contributed by atoms with van der Waals surface area (Å²) in [7, 11) is -2.16. The lowest BCUT2D eigenvalue weighted by molar-refractivity contribution is 0.419. The van der Waals surface area contributed by atoms with E-state index in [-0.39, 0.29) is 0 Å². The molecule has 2 aromatic rings. The van der Waals surface area contributed by atoms with E-state index in [0.29, 0.717) is 11.1 Å². The van der Waals surface area contributed by atoms with Crippen LogP contribution in [0.3, 0.4) is 0 Å². The summed E-state index contributed by atoms with van der Waals surface area (Å²) in [6.45, 7) is 2.17. The number of hydrogen-bond acceptors (Lipinski definition) is 2. The molecule has 0 atom stereocenters. The molecule has 2 aromatic carbocycles. The molecule has 0 saturated carbocycles. The van der Waals surface area contributed by atoms with Gasteiger partial charge in [-0.25, -0.2) is 8.78 Å². The topological polar surface area (TPSA) is 40.5 Å². The molecule has 0 heterocycles. The van der Waals surface area contributed by atoms with E-state index < -0.39 is 24.2 Å². The molecule has 0 amide bonds. The van der Waals surface area contributed by atoms with Crippen LogP contribution in [-0.2, 0) is 6.42 Å². The van der Waals surface area contributed by atoms with Crippen LogP contribution in [-0.4, -0.2) is 17.2 Å². The molecule has 0 aromatic heterocycles. The zero-order valence-corrected chi connectivity index (χ0v) is 13.2. The van der Waals surface area contributed by atoms with Gasteiger partial charge in [-0.05, 0) is 41.7 Å². The van der Waals surface area contributed by atoms with E-state index in [1.54, 1.807) is 0 Å². The summed E-state index contributed by atoms with van der Waals surface area (Å²) in [4.78, 5) is 0. The van der Waals surface area contributed by atoms with Crippen molar-refractivity contribution in [1.29, 1.82) is 0 Å². The van der Waals surface area contributed by atoms with Gasteiger partial charge in [0.05, 0.1) is 5.46 Å². The molecular formula is C18H21BF2O2. The van der Waals surface area contributed by atoms with Crippen molar-refractivity contribution in [2.75, 3.05) is 0 Å². The fraction of sp³-hybridized carbons (Fsp3) is 0.333. The van der Waals surface area contributed by atoms with Crippen LogP contribution in [0.1, 0.15) is 38.2 Å². The predicted molar refractivity (Wildman–Crippen MR) is 89.5 cm³/mol. The third kappa shape index (κ3) is 4.63. The van der Waals surface area contributed by atoms with Gasteiger partial charge in [0.25, 0.3) is 0 Å². The molecule has 2 N–H and O–H groups in total. The zero-order valence-electron chi connectivity index (χ0n) is 13.2. The molecule has 0 radical (unpaired) electrons. The molecular weight excluding hydrogens is 297 g/mol. The molecule has 0 bridgehead atoms. The Balaban J connectivity index is 2.13. The summed E-state index contributed by atoms with van der Waals surface area (Å²) in [5.74, 6) is -1.92. The van der Waals surface area contributed by atoms with Gasteiger partial charge in [0, 0.05) is 0 Å². The van der Waals surface area contributed by atoms with E-state index in [4.69, 9.17) is 10.0 Å². The second-order valence-electron chi connectivity index (χ2n) is 5.73. The zero-order chi connectivity index (χ0) is 16.8. The van der Waals surface area contributed by atoms with Crippen molar-refractivity contribution >= 4 is 12.6 Å². The van der Waals surface area contributed by atoms with Gasteiger partial charge in [0.2, 0.25) is 0 Å². The van der Waals surface area contributed by atoms with E-state index in [1.165, 1.54) is 24.8 Å². The normalized spacial score (nSPS) is 10.8. The summed E-state index contributed by atoms with van der Waals surface area (Å²) in [6, 6.07) is 9.83. The molecule has 0 fully saturated rings. The third-order valence-electron chi connectivity index (χ3n) is 3.94. The SMILES string of the molecule is CCCCCCc1ccc(-c2cc(F)c(B(O)O)c(F)c2)cc1. The number of benzene rings is 2. The van der Waals surface area contributed by atoms with Crippen LogP contribution < -0.4 is 5.46 Å². The Kier molecular flexibility index (Phi) is 6.31. The molecule has 0 unspecified atom stereocenters. The first-order chi connectivity index (χ1) is 11.0. The van der Waals surface area contributed by atoms with Crippen LogP contribution in [0.5, 0.6) is 0 Å². The molecule has 5 heteroatoms. The predicted octanol–water partition coefficient (Wildman–Crippen LogP) is 3.43. The van der Waals surface area contributed by atoms with Crippen LogP contribution in [0.15, 0.2) is 36.4 Å². The molecule has 0 aliphatic carbocycles. The average molecular weight is 318 g/mol. The van der Waals surface area contributed by atoms with Gasteiger partial charge in [0.15, 0.2) is 0 Å². The summed E-state index contributed by atoms with van der Waals surface area (Å²) in [5, 5.41) is 18.0. The minimum atomic E-state index is -2.16. The Hall–Kier alpha value is -1.72. The first-order valence-electron chi connectivity index (χ1n) is 7.97. The molecule has 0 aliphatic rings. The number of aryl methyl sites for hydroxylation is 1. The highest BCUT2D eigenvalue weighted by molar-refractivity contribution is 6.58. The van der Waals surface area contributed by atoms with Crippen LogP contribution in [0.4, 0.5) is 8.78 Å². The summed E-state index contributed by atoms with van der Waals surface area (Å²) in [6.07, 6.45) is 5.78. The molecule has 2 rings (SSSR count). The number of unbranched alkanes of at least 4 members (excludes halogenated alkanes) is 3. The summed E-state index contributed by atoms with van der Waals surface area (Å²) < 4.78 is 27.6. The van der Waals surface area contributed by atoms with Crippen LogP contribution in [0.25, 0.3) is 11.1 Å². The van der Waals surface area contributed by atoms with Crippen LogP contribution in [0.2, 0.25) is 0 Å². The standard InChI is InChI=1S/C18H21BF2O2/c1-2-3-4-5-6-13-7-9-14(10-8-13)15-11-16(20)18(19(22)23)17(21)12-15/h7-12,22-23H,2-6H2,1H3. The third-order valence-corrected chi connectivity index (χ3v) is 3.94. The quantitative estimate of drug-likeness (QED) is 0.606. The largest absolute Gasteiger partial charge is 0.494 e. The second-order valence-corrected chi connectivity index (χ2v) is 5.73. The highest BCUT2D eigenvalue weighted by Gasteiger charge is 2.22. The summed E-state index contributed by atoms with van der Waals surface area (Å²) >= 11 is 0. The van der Waals surface area contributed by atoms with E-state index in [0.717, 1.165) is 25.0 Å². The minimum Gasteiger partial charge on any atom is -0.423 e. The number of halogens is 2. The van der Waals surface area contributed by atoms with Crippen molar-refractivity contribution in [3.05, 3.63) is 53.6 Å². The highest BCUT2D eigenvalue weighted by Crippen LogP contribution is 2.22. The molecule has 0 spiro atoms. The van der Waals surface area contributed by atoms with E-state index in [1.807, 2.05) is 24.3 Å². The van der Waals surface area contributed by atoms with E-state index >= 15 is 0 Å². The Bertz CT molecular complexity index is 619. The lowest BCUT2D eigenvalue weighted by Gasteiger charge is -2.09. The Morgan fingerprint density at radius 3 is 2.00 bits per heavy atom. The van der Waals surface area contributed by atoms with Crippen molar-refractivity contribution in [2.24, 2.45) is 0 Å². The highest BCUT2D eigenvalue weighted by atomic mass is 19.1. The maximum absolute atomic E-state index is 13.8. The van der Waals surface area contributed by atoms with Crippen molar-refractivity contribution in [3.8, 4) is 11.1 Å². The maximum Gasteiger partial charge on any atom is 0.494 e. The monoisotopic (exact) mass is 318 g/mol. The van der Waals surface area contributed by atoms with E-state index in [2.05, 4.69) is 6.92 Å². The van der Waals surface area contributed by atoms with E-state index in [9.17, 15) is 8.78 Å². The Morgan fingerprint density at radius 2 is 1.48 bits per heavy atom. The maximum atomic E-state index is 13.8. The molecule has 23 heavy (non-hydrogen) atoms. The van der Waals surface area contributed by atoms with Crippen molar-refractivity contribution in [3.63, 3.8) is 0 Å². The molecule has 0 saturated heterocycles. The molecule has 2 nitrogen and oxygen atoms in total. The van der Waals surface area contributed by atoms with Crippen molar-refractivity contribution in [2.45, 2.75) is 39.0 Å². The first kappa shape index (κ1) is 17.6. The van der Waals surface area contributed by atoms with Crippen LogP contribution >= 0.6 is 0 Å². The van der Waals surface area contributed by atoms with Gasteiger partial charge < -0.3 is 10.0 Å². The van der Waals surface area contributed by atoms with Gasteiger partial charge in [-0.1, -0.05) is 50.5 Å². The van der Waals surface area contributed by atoms with Gasteiger partial charge in [0.1, 0.15) is 11.6 Å². The van der Waals surface area contributed by atoms with Crippen molar-refractivity contribution < 1.29 is 18.8 Å². The first-order valence-corrected chi connectivity index (χ1v) is 7.97. The average Bonchev–Trinajstić information content (AvgIpc) is 2.51.